The SMILES string of the molecule is Bc1c(-c2nc(-c3ccccc3)nc(-c3ccccc3)n2)c(B)c2c(oc3c(B)c(-n4c5c(B)c(B)c(B)c(B)c5c5c(B)c(B)c(B)c(B)c54)c(B)c(B)c32)c1B. The van der Waals surface area contributed by atoms with Crippen molar-refractivity contribution in [1.82, 2.24) is 19.5 Å². The molecule has 0 radical (unpaired) electrons. The van der Waals surface area contributed by atoms with Gasteiger partial charge in [0.05, 0.1) is 0 Å². The first-order valence-electron chi connectivity index (χ1n) is 20.5. The largest absolute Gasteiger partial charge is 0.457 e. The van der Waals surface area contributed by atoms with Gasteiger partial charge in [0.25, 0.3) is 0 Å². The zero-order valence-corrected chi connectivity index (χ0v) is 36.5. The molecule has 58 heavy (non-hydrogen) atoms. The number of fused-ring (bicyclic) bond motifs is 6. The van der Waals surface area contributed by atoms with Crippen molar-refractivity contribution in [2.24, 2.45) is 0 Å². The van der Waals surface area contributed by atoms with Crippen molar-refractivity contribution in [3.8, 4) is 39.9 Å². The van der Waals surface area contributed by atoms with Gasteiger partial charge in [-0.15, -0.1) is 10.9 Å². The fourth-order valence-corrected chi connectivity index (χ4v) is 9.88. The Balaban J connectivity index is 1.40. The normalized spacial score (nSPS) is 11.7. The van der Waals surface area contributed by atoms with Crippen LogP contribution in [0.15, 0.2) is 65.1 Å². The number of benzene rings is 6. The first-order chi connectivity index (χ1) is 27.6. The number of nitrogens with zero attached hydrogens (tertiary/aromatic N) is 4. The lowest BCUT2D eigenvalue weighted by atomic mass is 9.63. The van der Waals surface area contributed by atoms with Crippen LogP contribution >= 0.6 is 0 Å². The average molecular weight is 730 g/mol. The number of hydrogen-bond acceptors (Lipinski definition) is 4. The Bertz CT molecular complexity index is 3140. The molecule has 0 saturated heterocycles. The molecule has 0 saturated carbocycles. The molecule has 0 aliphatic heterocycles. The summed E-state index contributed by atoms with van der Waals surface area (Å²) in [6.45, 7) is 0. The first-order valence-corrected chi connectivity index (χ1v) is 20.5. The van der Waals surface area contributed by atoms with Crippen LogP contribution in [-0.4, -0.2) is 129 Å². The molecule has 0 N–H and O–H groups in total. The topological polar surface area (TPSA) is 56.7 Å². The predicted octanol–water partition coefficient (Wildman–Crippen LogP) is -14.5. The summed E-state index contributed by atoms with van der Waals surface area (Å²) >= 11 is 0. The first kappa shape index (κ1) is 38.4. The van der Waals surface area contributed by atoms with Gasteiger partial charge in [0.15, 0.2) is 17.5 Å². The third-order valence-electron chi connectivity index (χ3n) is 14.1. The number of hydrogen-bond donors (Lipinski definition) is 0. The highest BCUT2D eigenvalue weighted by Gasteiger charge is 2.29. The summed E-state index contributed by atoms with van der Waals surface area (Å²) in [5, 5.41) is 5.03. The summed E-state index contributed by atoms with van der Waals surface area (Å²) in [6, 6.07) is 20.4. The van der Waals surface area contributed by atoms with Gasteiger partial charge in [-0.25, -0.2) is 15.0 Å². The van der Waals surface area contributed by atoms with E-state index < -0.39 is 0 Å². The third kappa shape index (κ3) is 5.27. The lowest BCUT2D eigenvalue weighted by Crippen LogP contribution is -2.49. The van der Waals surface area contributed by atoms with Gasteiger partial charge >= 0.3 is 0 Å². The minimum atomic E-state index is 0.656. The molecule has 0 fully saturated rings. The zero-order chi connectivity index (χ0) is 41.2. The van der Waals surface area contributed by atoms with E-state index >= 15 is 0 Å². The van der Waals surface area contributed by atoms with Crippen LogP contribution in [0, 0.1) is 0 Å². The predicted molar refractivity (Wildman–Crippen MR) is 292 cm³/mol. The molecule has 5 nitrogen and oxygen atoms in total. The van der Waals surface area contributed by atoms with Gasteiger partial charge in [0, 0.05) is 44.2 Å². The Kier molecular flexibility index (Phi) is 9.07. The molecule has 0 aliphatic rings. The summed E-state index contributed by atoms with van der Waals surface area (Å²) in [5.41, 5.74) is 26.4. The van der Waals surface area contributed by atoms with E-state index in [1.54, 1.807) is 0 Å². The van der Waals surface area contributed by atoms with E-state index in [1.807, 2.05) is 36.4 Å². The second kappa shape index (κ2) is 13.7. The maximum atomic E-state index is 7.18. The molecule has 3 aromatic heterocycles. The number of rotatable bonds is 4. The van der Waals surface area contributed by atoms with Crippen LogP contribution in [0.2, 0.25) is 0 Å². The van der Waals surface area contributed by atoms with Crippen molar-refractivity contribution < 1.29 is 4.42 Å². The molecule has 6 aromatic carbocycles. The lowest BCUT2D eigenvalue weighted by molar-refractivity contribution is 0.674. The lowest BCUT2D eigenvalue weighted by Gasteiger charge is -2.22. The van der Waals surface area contributed by atoms with Gasteiger partial charge in [0.2, 0.25) is 0 Å². The van der Waals surface area contributed by atoms with Crippen molar-refractivity contribution in [3.63, 3.8) is 0 Å². The molecule has 19 heteroatoms. The summed E-state index contributed by atoms with van der Waals surface area (Å²) in [4.78, 5) is 15.4. The van der Waals surface area contributed by atoms with Gasteiger partial charge in [-0.05, 0) is 16.2 Å². The minimum Gasteiger partial charge on any atom is -0.457 e. The maximum Gasteiger partial charge on any atom is 0.164 e. The zero-order valence-electron chi connectivity index (χ0n) is 36.5. The highest BCUT2D eigenvalue weighted by molar-refractivity contribution is 6.72. The van der Waals surface area contributed by atoms with Crippen molar-refractivity contribution in [3.05, 3.63) is 60.7 Å². The monoisotopic (exact) mass is 732 g/mol. The van der Waals surface area contributed by atoms with Crippen LogP contribution in [0.25, 0.3) is 83.6 Å². The summed E-state index contributed by atoms with van der Waals surface area (Å²) in [5.74, 6) is 1.98. The van der Waals surface area contributed by atoms with Crippen molar-refractivity contribution >= 4 is 230 Å². The van der Waals surface area contributed by atoms with E-state index in [0.29, 0.717) is 17.5 Å². The Hall–Kier alpha value is -5.16. The molecule has 0 unspecified atom stereocenters. The van der Waals surface area contributed by atoms with E-state index in [0.717, 1.165) is 60.5 Å². The van der Waals surface area contributed by atoms with Crippen LogP contribution in [0.1, 0.15) is 0 Å². The van der Waals surface area contributed by atoms with Crippen molar-refractivity contribution in [2.45, 2.75) is 0 Å². The minimum absolute atomic E-state index is 0.656. The Morgan fingerprint density at radius 3 is 1.22 bits per heavy atom. The van der Waals surface area contributed by atoms with Crippen LogP contribution in [-0.2, 0) is 0 Å². The standard InChI is InChI=1S/C39H38B14N4O/c40-18-15-16-21(43)27(49)34(57-32-13(19(41)23(45)25(47)28(32)50)14-20(42)24(46)26(48)29(51)33(14)57)31(53)36(16)58-35(15)30(52)22(44)17(18)39-55-37(11-7-3-1-4-8-11)54-38(56-39)12-9-5-2-6-10-12/h1-10H,40-53H2. The molecule has 0 atom stereocenters. The second-order valence-corrected chi connectivity index (χ2v) is 16.8. The molecule has 0 bridgehead atoms. The molecule has 9 aromatic rings. The highest BCUT2D eigenvalue weighted by Crippen LogP contribution is 2.31. The summed E-state index contributed by atoms with van der Waals surface area (Å²) in [6.07, 6.45) is 0. The van der Waals surface area contributed by atoms with E-state index in [9.17, 15) is 0 Å². The van der Waals surface area contributed by atoms with Crippen LogP contribution in [0.3, 0.4) is 0 Å². The highest BCUT2D eigenvalue weighted by atomic mass is 16.3. The Morgan fingerprint density at radius 2 is 0.741 bits per heavy atom. The van der Waals surface area contributed by atoms with E-state index in [2.05, 4.69) is 139 Å². The van der Waals surface area contributed by atoms with Crippen LogP contribution in [0.5, 0.6) is 0 Å². The summed E-state index contributed by atoms with van der Waals surface area (Å²) < 4.78 is 9.79. The van der Waals surface area contributed by atoms with E-state index in [-0.39, 0.29) is 0 Å². The number of aromatic nitrogens is 4. The van der Waals surface area contributed by atoms with Crippen molar-refractivity contribution in [1.29, 1.82) is 0 Å². The molecule has 0 amide bonds. The maximum absolute atomic E-state index is 7.18. The molecular weight excluding hydrogens is 692 g/mol. The van der Waals surface area contributed by atoms with E-state index in [1.165, 1.54) is 82.1 Å². The van der Waals surface area contributed by atoms with Crippen molar-refractivity contribution in [2.75, 3.05) is 0 Å². The number of furan rings is 1. The molecule has 3 heterocycles. The van der Waals surface area contributed by atoms with Gasteiger partial charge in [0.1, 0.15) is 121 Å². The smallest absolute Gasteiger partial charge is 0.164 e. The second-order valence-electron chi connectivity index (χ2n) is 16.8. The third-order valence-corrected chi connectivity index (χ3v) is 14.1. The van der Waals surface area contributed by atoms with Gasteiger partial charge in [-0.1, -0.05) is 121 Å². The fraction of sp³-hybridized carbons (Fsp3) is 0. The molecule has 262 valence electrons. The Morgan fingerprint density at radius 1 is 0.345 bits per heavy atom. The molecule has 0 spiro atoms. The fourth-order valence-electron chi connectivity index (χ4n) is 9.88. The molecule has 9 rings (SSSR count). The Labute approximate surface area is 352 Å². The summed E-state index contributed by atoms with van der Waals surface area (Å²) in [7, 11) is 31.8. The van der Waals surface area contributed by atoms with Gasteiger partial charge in [-0.3, -0.25) is 0 Å². The quantitative estimate of drug-likeness (QED) is 0.169. The average Bonchev–Trinajstić information content (AvgIpc) is 3.81. The van der Waals surface area contributed by atoms with Gasteiger partial charge < -0.3 is 8.98 Å². The molecular formula is C39H38B14N4O. The van der Waals surface area contributed by atoms with Gasteiger partial charge in [-0.2, -0.15) is 0 Å². The molecule has 0 aliphatic carbocycles. The van der Waals surface area contributed by atoms with E-state index in [4.69, 9.17) is 19.4 Å². The van der Waals surface area contributed by atoms with Crippen LogP contribution < -0.4 is 76.5 Å². The van der Waals surface area contributed by atoms with Crippen LogP contribution in [0.4, 0.5) is 0 Å².